The Morgan fingerprint density at radius 3 is 2.40 bits per heavy atom. The number of hydrogen-bond donors (Lipinski definition) is 1. The van der Waals surface area contributed by atoms with E-state index >= 15 is 0 Å². The van der Waals surface area contributed by atoms with Crippen LogP contribution in [0.2, 0.25) is 0 Å². The molecule has 1 heterocycles. The fraction of sp³-hybridized carbons (Fsp3) is 0.167. The molecule has 0 amide bonds. The van der Waals surface area contributed by atoms with Crippen molar-refractivity contribution in [2.24, 2.45) is 0 Å². The number of aryl methyl sites for hydroxylation is 1. The summed E-state index contributed by atoms with van der Waals surface area (Å²) >= 11 is 1.60. The van der Waals surface area contributed by atoms with E-state index in [0.29, 0.717) is 5.56 Å². The second-order valence-electron chi connectivity index (χ2n) is 3.44. The van der Waals surface area contributed by atoms with Crippen molar-refractivity contribution in [3.63, 3.8) is 0 Å². The maximum atomic E-state index is 12.7. The second-order valence-corrected chi connectivity index (χ2v) is 4.56. The van der Waals surface area contributed by atoms with Crippen molar-refractivity contribution in [3.8, 4) is 0 Å². The lowest BCUT2D eigenvalue weighted by Gasteiger charge is -2.08. The van der Waals surface area contributed by atoms with Crippen molar-refractivity contribution in [2.45, 2.75) is 13.0 Å². The molecule has 1 N–H and O–H groups in total. The standard InChI is InChI=1S/C12H11FOS/c1-8-6-10(7-15-8)12(14)9-2-4-11(13)5-3-9/h2-7,12,14H,1H3. The monoisotopic (exact) mass is 222 g/mol. The van der Waals surface area contributed by atoms with E-state index in [9.17, 15) is 9.50 Å². The summed E-state index contributed by atoms with van der Waals surface area (Å²) in [4.78, 5) is 1.16. The van der Waals surface area contributed by atoms with Crippen LogP contribution in [0.1, 0.15) is 22.1 Å². The Morgan fingerprint density at radius 1 is 1.20 bits per heavy atom. The molecule has 0 aliphatic heterocycles. The normalized spacial score (nSPS) is 12.7. The fourth-order valence-electron chi connectivity index (χ4n) is 1.44. The highest BCUT2D eigenvalue weighted by Gasteiger charge is 2.11. The van der Waals surface area contributed by atoms with Gasteiger partial charge in [-0.25, -0.2) is 4.39 Å². The summed E-state index contributed by atoms with van der Waals surface area (Å²) < 4.78 is 12.7. The molecule has 0 aliphatic rings. The van der Waals surface area contributed by atoms with Gasteiger partial charge in [0.1, 0.15) is 11.9 Å². The lowest BCUT2D eigenvalue weighted by Crippen LogP contribution is -1.97. The van der Waals surface area contributed by atoms with E-state index in [4.69, 9.17) is 0 Å². The van der Waals surface area contributed by atoms with E-state index in [0.717, 1.165) is 10.4 Å². The van der Waals surface area contributed by atoms with Gasteiger partial charge in [-0.1, -0.05) is 12.1 Å². The molecule has 78 valence electrons. The third kappa shape index (κ3) is 2.25. The van der Waals surface area contributed by atoms with Crippen LogP contribution in [0.15, 0.2) is 35.7 Å². The zero-order chi connectivity index (χ0) is 10.8. The topological polar surface area (TPSA) is 20.2 Å². The highest BCUT2D eigenvalue weighted by atomic mass is 32.1. The predicted molar refractivity (Wildman–Crippen MR) is 59.5 cm³/mol. The molecule has 2 aromatic rings. The van der Waals surface area contributed by atoms with E-state index in [1.807, 2.05) is 18.4 Å². The summed E-state index contributed by atoms with van der Waals surface area (Å²) in [5, 5.41) is 11.9. The first-order valence-corrected chi connectivity index (χ1v) is 5.53. The molecular weight excluding hydrogens is 211 g/mol. The van der Waals surface area contributed by atoms with Crippen molar-refractivity contribution >= 4 is 11.3 Å². The van der Waals surface area contributed by atoms with Crippen LogP contribution < -0.4 is 0 Å². The van der Waals surface area contributed by atoms with Gasteiger partial charge in [-0.3, -0.25) is 0 Å². The lowest BCUT2D eigenvalue weighted by atomic mass is 10.0. The summed E-state index contributed by atoms with van der Waals surface area (Å²) in [6.07, 6.45) is -0.657. The predicted octanol–water partition coefficient (Wildman–Crippen LogP) is 3.28. The van der Waals surface area contributed by atoms with Crippen LogP contribution in [0, 0.1) is 12.7 Å². The van der Waals surface area contributed by atoms with Crippen molar-refractivity contribution in [2.75, 3.05) is 0 Å². The molecular formula is C12H11FOS. The Bertz CT molecular complexity index is 447. The van der Waals surface area contributed by atoms with Crippen LogP contribution in [-0.2, 0) is 0 Å². The minimum Gasteiger partial charge on any atom is -0.384 e. The Labute approximate surface area is 91.8 Å². The van der Waals surface area contributed by atoms with Gasteiger partial charge in [0.05, 0.1) is 0 Å². The highest BCUT2D eigenvalue weighted by Crippen LogP contribution is 2.25. The number of rotatable bonds is 2. The van der Waals surface area contributed by atoms with Crippen molar-refractivity contribution in [1.82, 2.24) is 0 Å². The Kier molecular flexibility index (Phi) is 2.84. The first-order chi connectivity index (χ1) is 7.16. The van der Waals surface area contributed by atoms with Gasteiger partial charge in [0.25, 0.3) is 0 Å². The molecule has 1 unspecified atom stereocenters. The summed E-state index contributed by atoms with van der Waals surface area (Å²) in [6.45, 7) is 1.99. The molecule has 2 rings (SSSR count). The Hall–Kier alpha value is -1.19. The van der Waals surface area contributed by atoms with Crippen LogP contribution in [-0.4, -0.2) is 5.11 Å². The van der Waals surface area contributed by atoms with E-state index < -0.39 is 6.10 Å². The van der Waals surface area contributed by atoms with Crippen molar-refractivity contribution < 1.29 is 9.50 Å². The molecule has 0 saturated heterocycles. The van der Waals surface area contributed by atoms with Gasteiger partial charge in [0.15, 0.2) is 0 Å². The summed E-state index contributed by atoms with van der Waals surface area (Å²) in [5.41, 5.74) is 1.58. The van der Waals surface area contributed by atoms with Crippen LogP contribution >= 0.6 is 11.3 Å². The first kappa shape index (κ1) is 10.3. The van der Waals surface area contributed by atoms with Gasteiger partial charge < -0.3 is 5.11 Å². The van der Waals surface area contributed by atoms with Gasteiger partial charge in [-0.15, -0.1) is 11.3 Å². The number of benzene rings is 1. The summed E-state index contributed by atoms with van der Waals surface area (Å²) in [6, 6.07) is 7.87. The van der Waals surface area contributed by atoms with E-state index in [1.165, 1.54) is 12.1 Å². The van der Waals surface area contributed by atoms with Gasteiger partial charge in [0, 0.05) is 4.88 Å². The zero-order valence-corrected chi connectivity index (χ0v) is 9.09. The number of aliphatic hydroxyl groups is 1. The Balaban J connectivity index is 2.28. The number of aliphatic hydroxyl groups excluding tert-OH is 1. The third-order valence-electron chi connectivity index (χ3n) is 2.25. The minimum atomic E-state index is -0.657. The first-order valence-electron chi connectivity index (χ1n) is 4.65. The molecule has 0 radical (unpaired) electrons. The minimum absolute atomic E-state index is 0.285. The van der Waals surface area contributed by atoms with Crippen LogP contribution in [0.4, 0.5) is 4.39 Å². The van der Waals surface area contributed by atoms with Crippen LogP contribution in [0.5, 0.6) is 0 Å². The molecule has 0 saturated carbocycles. The number of hydrogen-bond acceptors (Lipinski definition) is 2. The molecule has 0 aliphatic carbocycles. The van der Waals surface area contributed by atoms with Gasteiger partial charge >= 0.3 is 0 Å². The van der Waals surface area contributed by atoms with Gasteiger partial charge in [-0.05, 0) is 41.6 Å². The molecule has 3 heteroatoms. The van der Waals surface area contributed by atoms with Crippen LogP contribution in [0.25, 0.3) is 0 Å². The van der Waals surface area contributed by atoms with E-state index in [-0.39, 0.29) is 5.82 Å². The second kappa shape index (κ2) is 4.13. The molecule has 0 bridgehead atoms. The van der Waals surface area contributed by atoms with E-state index in [1.54, 1.807) is 23.5 Å². The van der Waals surface area contributed by atoms with Crippen LogP contribution in [0.3, 0.4) is 0 Å². The average Bonchev–Trinajstić information content (AvgIpc) is 2.65. The summed E-state index contributed by atoms with van der Waals surface area (Å²) in [5.74, 6) is -0.285. The smallest absolute Gasteiger partial charge is 0.123 e. The molecule has 0 fully saturated rings. The van der Waals surface area contributed by atoms with E-state index in [2.05, 4.69) is 0 Å². The quantitative estimate of drug-likeness (QED) is 0.826. The van der Waals surface area contributed by atoms with Crippen molar-refractivity contribution in [3.05, 3.63) is 57.5 Å². The zero-order valence-electron chi connectivity index (χ0n) is 8.27. The lowest BCUT2D eigenvalue weighted by molar-refractivity contribution is 0.220. The molecule has 15 heavy (non-hydrogen) atoms. The molecule has 0 spiro atoms. The molecule has 1 aromatic heterocycles. The molecule has 1 nitrogen and oxygen atoms in total. The Morgan fingerprint density at radius 2 is 1.87 bits per heavy atom. The maximum absolute atomic E-state index is 12.7. The van der Waals surface area contributed by atoms with Crippen molar-refractivity contribution in [1.29, 1.82) is 0 Å². The number of thiophene rings is 1. The molecule has 1 aromatic carbocycles. The highest BCUT2D eigenvalue weighted by molar-refractivity contribution is 7.10. The van der Waals surface area contributed by atoms with Gasteiger partial charge in [0.2, 0.25) is 0 Å². The molecule has 1 atom stereocenters. The van der Waals surface area contributed by atoms with Gasteiger partial charge in [-0.2, -0.15) is 0 Å². The SMILES string of the molecule is Cc1cc(C(O)c2ccc(F)cc2)cs1. The largest absolute Gasteiger partial charge is 0.384 e. The average molecular weight is 222 g/mol. The maximum Gasteiger partial charge on any atom is 0.123 e. The third-order valence-corrected chi connectivity index (χ3v) is 3.13. The summed E-state index contributed by atoms with van der Waals surface area (Å²) in [7, 11) is 0. The number of halogens is 1. The fourth-order valence-corrected chi connectivity index (χ4v) is 2.17.